The van der Waals surface area contributed by atoms with Gasteiger partial charge in [0.15, 0.2) is 9.76 Å². The lowest BCUT2D eigenvalue weighted by atomic mass is 10.2. The van der Waals surface area contributed by atoms with Gasteiger partial charge in [-0.25, -0.2) is 0 Å². The van der Waals surface area contributed by atoms with Gasteiger partial charge in [0, 0.05) is 0 Å². The zero-order chi connectivity index (χ0) is 9.84. The van der Waals surface area contributed by atoms with Gasteiger partial charge in [0.1, 0.15) is 0 Å². The van der Waals surface area contributed by atoms with Gasteiger partial charge in [0.2, 0.25) is 0 Å². The lowest BCUT2D eigenvalue weighted by Gasteiger charge is -2.04. The fourth-order valence-electron chi connectivity index (χ4n) is 1.32. The van der Waals surface area contributed by atoms with E-state index in [-0.39, 0.29) is 0 Å². The molecule has 0 spiro atoms. The minimum absolute atomic E-state index is 1.00. The fraction of sp³-hybridized carbons (Fsp3) is 0.250. The number of rotatable bonds is 3. The van der Waals surface area contributed by atoms with Crippen LogP contribution in [0.5, 0.6) is 0 Å². The molecule has 0 fully saturated rings. The van der Waals surface area contributed by atoms with Crippen LogP contribution in [0.3, 0.4) is 0 Å². The predicted molar refractivity (Wildman–Crippen MR) is 55.4 cm³/mol. The van der Waals surface area contributed by atoms with Crippen LogP contribution >= 0.6 is 0 Å². The summed E-state index contributed by atoms with van der Waals surface area (Å²) >= 11 is 0. The SMILES string of the molecule is Cc1cc(C)cc([SiH2]OB(O)O)c1. The maximum atomic E-state index is 8.52. The molecule has 0 heterocycles. The third-order valence-electron chi connectivity index (χ3n) is 1.68. The molecular weight excluding hydrogens is 183 g/mol. The molecular formula is C8H13BO3Si. The van der Waals surface area contributed by atoms with E-state index in [2.05, 4.69) is 6.07 Å². The van der Waals surface area contributed by atoms with Gasteiger partial charge in [0.25, 0.3) is 0 Å². The van der Waals surface area contributed by atoms with Gasteiger partial charge < -0.3 is 14.4 Å². The first-order chi connectivity index (χ1) is 6.08. The largest absolute Gasteiger partial charge is 0.622 e. The molecule has 1 rings (SSSR count). The average Bonchev–Trinajstić information content (AvgIpc) is 1.99. The highest BCUT2D eigenvalue weighted by Gasteiger charge is 2.08. The number of benzene rings is 1. The predicted octanol–water partition coefficient (Wildman–Crippen LogP) is -1.00. The van der Waals surface area contributed by atoms with Gasteiger partial charge in [0.05, 0.1) is 0 Å². The van der Waals surface area contributed by atoms with Crippen LogP contribution in [0.1, 0.15) is 11.1 Å². The minimum Gasteiger partial charge on any atom is -0.429 e. The zero-order valence-electron chi connectivity index (χ0n) is 7.82. The summed E-state index contributed by atoms with van der Waals surface area (Å²) in [6.07, 6.45) is 0. The van der Waals surface area contributed by atoms with Crippen LogP contribution in [-0.2, 0) is 4.34 Å². The summed E-state index contributed by atoms with van der Waals surface area (Å²) in [6, 6.07) is 6.11. The van der Waals surface area contributed by atoms with Crippen LogP contribution < -0.4 is 5.19 Å². The summed E-state index contributed by atoms with van der Waals surface area (Å²) in [6.45, 7) is 4.03. The van der Waals surface area contributed by atoms with E-state index in [4.69, 9.17) is 14.4 Å². The molecule has 2 N–H and O–H groups in total. The van der Waals surface area contributed by atoms with E-state index in [9.17, 15) is 0 Å². The van der Waals surface area contributed by atoms with Crippen molar-refractivity contribution in [1.82, 2.24) is 0 Å². The van der Waals surface area contributed by atoms with E-state index in [1.54, 1.807) is 0 Å². The van der Waals surface area contributed by atoms with Crippen molar-refractivity contribution in [2.75, 3.05) is 0 Å². The Morgan fingerprint density at radius 2 is 1.69 bits per heavy atom. The van der Waals surface area contributed by atoms with Crippen molar-refractivity contribution in [3.8, 4) is 0 Å². The van der Waals surface area contributed by atoms with Gasteiger partial charge in [-0.05, 0) is 19.0 Å². The van der Waals surface area contributed by atoms with Crippen LogP contribution in [0, 0.1) is 13.8 Å². The molecule has 0 saturated heterocycles. The van der Waals surface area contributed by atoms with Crippen molar-refractivity contribution in [3.63, 3.8) is 0 Å². The number of aryl methyl sites for hydroxylation is 2. The lowest BCUT2D eigenvalue weighted by molar-refractivity contribution is 0.297. The molecule has 70 valence electrons. The monoisotopic (exact) mass is 196 g/mol. The molecule has 5 heteroatoms. The van der Waals surface area contributed by atoms with Crippen molar-refractivity contribution in [2.24, 2.45) is 0 Å². The molecule has 0 aliphatic carbocycles. The molecule has 13 heavy (non-hydrogen) atoms. The van der Waals surface area contributed by atoms with Gasteiger partial charge in [-0.3, -0.25) is 0 Å². The normalized spacial score (nSPS) is 11.1. The molecule has 0 saturated carbocycles. The summed E-state index contributed by atoms with van der Waals surface area (Å²) in [5.41, 5.74) is 2.36. The maximum Gasteiger partial charge on any atom is 0.622 e. The van der Waals surface area contributed by atoms with E-state index in [1.165, 1.54) is 11.1 Å². The first-order valence-corrected chi connectivity index (χ1v) is 5.41. The second-order valence-electron chi connectivity index (χ2n) is 3.13. The Hall–Kier alpha value is -0.618. The summed E-state index contributed by atoms with van der Waals surface area (Å²) in [7, 11) is -2.63. The Balaban J connectivity index is 2.66. The molecule has 0 amide bonds. The smallest absolute Gasteiger partial charge is 0.429 e. The van der Waals surface area contributed by atoms with Crippen LogP contribution in [0.2, 0.25) is 0 Å². The topological polar surface area (TPSA) is 49.7 Å². The summed E-state index contributed by atoms with van der Waals surface area (Å²) < 4.78 is 4.79. The quantitative estimate of drug-likeness (QED) is 0.609. The molecule has 0 aromatic heterocycles. The number of hydrogen-bond acceptors (Lipinski definition) is 3. The van der Waals surface area contributed by atoms with Gasteiger partial charge in [-0.15, -0.1) is 0 Å². The van der Waals surface area contributed by atoms with Crippen molar-refractivity contribution in [2.45, 2.75) is 13.8 Å². The van der Waals surface area contributed by atoms with Gasteiger partial charge in [-0.1, -0.05) is 29.3 Å². The first-order valence-electron chi connectivity index (χ1n) is 4.13. The van der Waals surface area contributed by atoms with E-state index in [1.807, 2.05) is 26.0 Å². The van der Waals surface area contributed by atoms with Crippen LogP contribution in [0.25, 0.3) is 0 Å². The van der Waals surface area contributed by atoms with E-state index in [0.29, 0.717) is 0 Å². The van der Waals surface area contributed by atoms with Crippen molar-refractivity contribution in [3.05, 3.63) is 29.3 Å². The van der Waals surface area contributed by atoms with Crippen LogP contribution in [0.15, 0.2) is 18.2 Å². The van der Waals surface area contributed by atoms with Crippen LogP contribution in [-0.4, -0.2) is 27.1 Å². The number of hydrogen-bond donors (Lipinski definition) is 2. The first kappa shape index (κ1) is 10.5. The Labute approximate surface area is 80.5 Å². The molecule has 0 aliphatic rings. The van der Waals surface area contributed by atoms with E-state index >= 15 is 0 Å². The van der Waals surface area contributed by atoms with Crippen LogP contribution in [0.4, 0.5) is 0 Å². The molecule has 0 aliphatic heterocycles. The molecule has 1 aromatic rings. The Kier molecular flexibility index (Phi) is 3.68. The third kappa shape index (κ3) is 3.73. The fourth-order valence-corrected chi connectivity index (χ4v) is 2.48. The molecule has 0 bridgehead atoms. The summed E-state index contributed by atoms with van der Waals surface area (Å²) in [5.74, 6) is 0. The molecule has 0 unspecified atom stereocenters. The second-order valence-corrected chi connectivity index (χ2v) is 4.57. The van der Waals surface area contributed by atoms with Gasteiger partial charge >= 0.3 is 7.32 Å². The van der Waals surface area contributed by atoms with E-state index < -0.39 is 17.1 Å². The van der Waals surface area contributed by atoms with E-state index in [0.717, 1.165) is 5.19 Å². The second kappa shape index (κ2) is 4.57. The molecule has 3 nitrogen and oxygen atoms in total. The summed E-state index contributed by atoms with van der Waals surface area (Å²) in [4.78, 5) is 0. The Morgan fingerprint density at radius 3 is 2.15 bits per heavy atom. The summed E-state index contributed by atoms with van der Waals surface area (Å²) in [5, 5.41) is 18.1. The molecule has 0 radical (unpaired) electrons. The van der Waals surface area contributed by atoms with Crippen molar-refractivity contribution >= 4 is 22.3 Å². The highest BCUT2D eigenvalue weighted by Crippen LogP contribution is 1.99. The molecule has 0 atom stereocenters. The average molecular weight is 196 g/mol. The standard InChI is InChI=1S/C8H13BO3Si/c1-6-3-7(2)5-8(4-6)13-12-9(10)11/h3-5,10-11H,13H2,1-2H3. The highest BCUT2D eigenvalue weighted by molar-refractivity contribution is 6.55. The van der Waals surface area contributed by atoms with Crippen molar-refractivity contribution < 1.29 is 14.4 Å². The molecule has 1 aromatic carbocycles. The minimum atomic E-state index is -1.63. The Morgan fingerprint density at radius 1 is 1.15 bits per heavy atom. The van der Waals surface area contributed by atoms with Gasteiger partial charge in [-0.2, -0.15) is 0 Å². The third-order valence-corrected chi connectivity index (χ3v) is 2.89. The Bertz CT molecular complexity index is 270. The maximum absolute atomic E-state index is 8.52. The highest BCUT2D eigenvalue weighted by atomic mass is 28.2. The lowest BCUT2D eigenvalue weighted by Crippen LogP contribution is -2.27. The zero-order valence-corrected chi connectivity index (χ0v) is 9.23. The van der Waals surface area contributed by atoms with Crippen molar-refractivity contribution in [1.29, 1.82) is 0 Å².